The first-order valence-corrected chi connectivity index (χ1v) is 11.7. The van der Waals surface area contributed by atoms with E-state index in [0.717, 1.165) is 80.9 Å². The van der Waals surface area contributed by atoms with Crippen molar-refractivity contribution in [1.29, 1.82) is 0 Å². The fourth-order valence-corrected chi connectivity index (χ4v) is 4.84. The minimum absolute atomic E-state index is 0.102. The molecule has 2 aromatic rings. The molecule has 2 aliphatic heterocycles. The Labute approximate surface area is 195 Å². The molecule has 176 valence electrons. The van der Waals surface area contributed by atoms with Crippen LogP contribution in [0.5, 0.6) is 0 Å². The second-order valence-corrected chi connectivity index (χ2v) is 8.93. The first-order valence-electron chi connectivity index (χ1n) is 11.7. The molecule has 4 heterocycles. The maximum absolute atomic E-state index is 13.2. The standard InChI is InChI=1S/C24H33N7O2/c1-17-4-3-9-26-21(17)22(29-33-2)19-7-12-31(13-8-19)23(32)20-5-10-30(11-6-20)16-18-14-27-24(25)28-15-18/h3-4,9,14-15,19-20H,5-8,10-13,16H2,1-2H3,(H2,25,27,28)/b29-22+. The Kier molecular flexibility index (Phi) is 7.49. The van der Waals surface area contributed by atoms with Crippen molar-refractivity contribution in [3.05, 3.63) is 47.5 Å². The molecule has 9 heteroatoms. The van der Waals surface area contributed by atoms with Gasteiger partial charge in [0.15, 0.2) is 0 Å². The highest BCUT2D eigenvalue weighted by Gasteiger charge is 2.33. The first-order chi connectivity index (χ1) is 16.0. The van der Waals surface area contributed by atoms with Crippen molar-refractivity contribution in [3.8, 4) is 0 Å². The van der Waals surface area contributed by atoms with Gasteiger partial charge in [0.1, 0.15) is 12.8 Å². The Morgan fingerprint density at radius 1 is 1.09 bits per heavy atom. The molecule has 33 heavy (non-hydrogen) atoms. The quantitative estimate of drug-likeness (QED) is 0.530. The number of likely N-dealkylation sites (tertiary alicyclic amines) is 2. The number of hydrogen-bond donors (Lipinski definition) is 1. The van der Waals surface area contributed by atoms with Crippen molar-refractivity contribution in [2.75, 3.05) is 39.0 Å². The molecule has 0 bridgehead atoms. The number of pyridine rings is 1. The van der Waals surface area contributed by atoms with E-state index in [0.29, 0.717) is 11.9 Å². The van der Waals surface area contributed by atoms with Gasteiger partial charge in [-0.05, 0) is 57.3 Å². The maximum Gasteiger partial charge on any atom is 0.225 e. The van der Waals surface area contributed by atoms with Gasteiger partial charge in [0.25, 0.3) is 0 Å². The van der Waals surface area contributed by atoms with E-state index < -0.39 is 0 Å². The normalized spacial score (nSPS) is 19.0. The number of oxime groups is 1. The third-order valence-electron chi connectivity index (χ3n) is 6.70. The molecule has 0 unspecified atom stereocenters. The molecule has 2 saturated heterocycles. The average molecular weight is 452 g/mol. The molecule has 9 nitrogen and oxygen atoms in total. The number of nitrogen functional groups attached to an aromatic ring is 1. The van der Waals surface area contributed by atoms with E-state index in [1.165, 1.54) is 0 Å². The zero-order valence-corrected chi connectivity index (χ0v) is 19.5. The summed E-state index contributed by atoms with van der Waals surface area (Å²) in [5.41, 5.74) is 9.48. The average Bonchev–Trinajstić information content (AvgIpc) is 2.85. The zero-order chi connectivity index (χ0) is 23.2. The number of aromatic nitrogens is 3. The van der Waals surface area contributed by atoms with Crippen molar-refractivity contribution >= 4 is 17.6 Å². The molecule has 0 aromatic carbocycles. The number of rotatable bonds is 6. The summed E-state index contributed by atoms with van der Waals surface area (Å²) in [6.45, 7) is 6.14. The topological polar surface area (TPSA) is 110 Å². The van der Waals surface area contributed by atoms with Crippen LogP contribution in [0.3, 0.4) is 0 Å². The number of hydrogen-bond acceptors (Lipinski definition) is 8. The van der Waals surface area contributed by atoms with Crippen molar-refractivity contribution < 1.29 is 9.63 Å². The lowest BCUT2D eigenvalue weighted by molar-refractivity contribution is -0.138. The van der Waals surface area contributed by atoms with E-state index in [4.69, 9.17) is 10.6 Å². The second kappa shape index (κ2) is 10.7. The van der Waals surface area contributed by atoms with Gasteiger partial charge in [-0.25, -0.2) is 9.97 Å². The predicted octanol–water partition coefficient (Wildman–Crippen LogP) is 2.26. The Balaban J connectivity index is 1.28. The summed E-state index contributed by atoms with van der Waals surface area (Å²) in [6, 6.07) is 3.97. The van der Waals surface area contributed by atoms with Crippen LogP contribution in [0, 0.1) is 18.8 Å². The fraction of sp³-hybridized carbons (Fsp3) is 0.542. The summed E-state index contributed by atoms with van der Waals surface area (Å²) in [4.78, 5) is 35.4. The van der Waals surface area contributed by atoms with Crippen LogP contribution < -0.4 is 5.73 Å². The molecule has 2 fully saturated rings. The van der Waals surface area contributed by atoms with E-state index >= 15 is 0 Å². The van der Waals surface area contributed by atoms with Gasteiger partial charge in [0.2, 0.25) is 11.9 Å². The van der Waals surface area contributed by atoms with Crippen LogP contribution in [0.1, 0.15) is 42.5 Å². The lowest BCUT2D eigenvalue weighted by atomic mass is 9.87. The number of nitrogens with two attached hydrogens (primary N) is 1. The summed E-state index contributed by atoms with van der Waals surface area (Å²) in [5, 5.41) is 4.32. The molecule has 0 aliphatic carbocycles. The minimum atomic E-state index is 0.102. The van der Waals surface area contributed by atoms with Gasteiger partial charge in [-0.2, -0.15) is 0 Å². The van der Waals surface area contributed by atoms with Crippen LogP contribution in [-0.4, -0.2) is 69.7 Å². The highest BCUT2D eigenvalue weighted by molar-refractivity contribution is 6.01. The summed E-state index contributed by atoms with van der Waals surface area (Å²) in [7, 11) is 1.57. The van der Waals surface area contributed by atoms with Crippen molar-refractivity contribution in [2.24, 2.45) is 17.0 Å². The van der Waals surface area contributed by atoms with Crippen molar-refractivity contribution in [1.82, 2.24) is 24.8 Å². The van der Waals surface area contributed by atoms with E-state index in [-0.39, 0.29) is 11.8 Å². The number of carbonyl (C=O) groups excluding carboxylic acids is 1. The van der Waals surface area contributed by atoms with Gasteiger partial charge in [0, 0.05) is 55.6 Å². The van der Waals surface area contributed by atoms with E-state index in [2.05, 4.69) is 25.0 Å². The largest absolute Gasteiger partial charge is 0.399 e. The van der Waals surface area contributed by atoms with Crippen LogP contribution in [0.2, 0.25) is 0 Å². The number of aryl methyl sites for hydroxylation is 1. The third-order valence-corrected chi connectivity index (χ3v) is 6.70. The molecule has 2 aliphatic rings. The number of amides is 1. The van der Waals surface area contributed by atoms with Gasteiger partial charge in [0.05, 0.1) is 5.69 Å². The summed E-state index contributed by atoms with van der Waals surface area (Å²) < 4.78 is 0. The van der Waals surface area contributed by atoms with Crippen LogP contribution in [0.25, 0.3) is 0 Å². The first kappa shape index (κ1) is 23.1. The molecule has 1 amide bonds. The van der Waals surface area contributed by atoms with Gasteiger partial charge in [-0.3, -0.25) is 14.7 Å². The molecule has 4 rings (SSSR count). The summed E-state index contributed by atoms with van der Waals surface area (Å²) in [6.07, 6.45) is 8.86. The second-order valence-electron chi connectivity index (χ2n) is 8.93. The van der Waals surface area contributed by atoms with Gasteiger partial charge in [-0.1, -0.05) is 11.2 Å². The van der Waals surface area contributed by atoms with E-state index in [1.54, 1.807) is 25.7 Å². The van der Waals surface area contributed by atoms with Crippen LogP contribution >= 0.6 is 0 Å². The highest BCUT2D eigenvalue weighted by Crippen LogP contribution is 2.27. The minimum Gasteiger partial charge on any atom is -0.399 e. The Bertz CT molecular complexity index is 963. The van der Waals surface area contributed by atoms with Crippen LogP contribution in [0.4, 0.5) is 5.95 Å². The number of anilines is 1. The SMILES string of the molecule is CO/N=C(/c1ncccc1C)C1CCN(C(=O)C2CCN(Cc3cnc(N)nc3)CC2)CC1. The monoisotopic (exact) mass is 451 g/mol. The van der Waals surface area contributed by atoms with Crippen LogP contribution in [-0.2, 0) is 16.2 Å². The van der Waals surface area contributed by atoms with Gasteiger partial charge < -0.3 is 15.5 Å². The Morgan fingerprint density at radius 2 is 1.76 bits per heavy atom. The summed E-state index contributed by atoms with van der Waals surface area (Å²) in [5.74, 6) is 0.933. The van der Waals surface area contributed by atoms with Gasteiger partial charge >= 0.3 is 0 Å². The van der Waals surface area contributed by atoms with Crippen molar-refractivity contribution in [2.45, 2.75) is 39.2 Å². The van der Waals surface area contributed by atoms with Crippen LogP contribution in [0.15, 0.2) is 35.9 Å². The predicted molar refractivity (Wildman–Crippen MR) is 126 cm³/mol. The smallest absolute Gasteiger partial charge is 0.225 e. The molecular formula is C24H33N7O2. The zero-order valence-electron chi connectivity index (χ0n) is 19.5. The molecule has 0 spiro atoms. The number of piperidine rings is 2. The van der Waals surface area contributed by atoms with E-state index in [9.17, 15) is 4.79 Å². The number of nitrogens with zero attached hydrogens (tertiary/aromatic N) is 6. The van der Waals surface area contributed by atoms with E-state index in [1.807, 2.05) is 24.0 Å². The molecule has 2 aromatic heterocycles. The lowest BCUT2D eigenvalue weighted by Gasteiger charge is -2.37. The molecule has 0 saturated carbocycles. The fourth-order valence-electron chi connectivity index (χ4n) is 4.84. The molecule has 0 radical (unpaired) electrons. The Morgan fingerprint density at radius 3 is 2.39 bits per heavy atom. The Hall–Kier alpha value is -3.07. The van der Waals surface area contributed by atoms with Crippen molar-refractivity contribution in [3.63, 3.8) is 0 Å². The lowest BCUT2D eigenvalue weighted by Crippen LogP contribution is -2.46. The van der Waals surface area contributed by atoms with Gasteiger partial charge in [-0.15, -0.1) is 0 Å². The maximum atomic E-state index is 13.2. The molecule has 0 atom stereocenters. The highest BCUT2D eigenvalue weighted by atomic mass is 16.6. The molecule has 2 N–H and O–H groups in total. The molecular weight excluding hydrogens is 418 g/mol. The summed E-state index contributed by atoms with van der Waals surface area (Å²) >= 11 is 0. The third kappa shape index (κ3) is 5.65. The number of carbonyl (C=O) groups is 1.